The van der Waals surface area contributed by atoms with Crippen molar-refractivity contribution in [1.29, 1.82) is 0 Å². The van der Waals surface area contributed by atoms with E-state index in [1.165, 1.54) is 17.0 Å². The topological polar surface area (TPSA) is 70.7 Å². The molecule has 0 radical (unpaired) electrons. The van der Waals surface area contributed by atoms with Gasteiger partial charge in [-0.05, 0) is 36.8 Å². The van der Waals surface area contributed by atoms with Gasteiger partial charge in [-0.2, -0.15) is 0 Å². The summed E-state index contributed by atoms with van der Waals surface area (Å²) in [6.45, 7) is 2.91. The van der Waals surface area contributed by atoms with E-state index in [9.17, 15) is 14.0 Å². The van der Waals surface area contributed by atoms with Gasteiger partial charge in [-0.1, -0.05) is 29.8 Å². The SMILES string of the molecule is Cc1ccc(OCCN(C)C(=O)CNC(=O)NCc2ccc(F)cc2)cc1. The van der Waals surface area contributed by atoms with Crippen LogP contribution >= 0.6 is 0 Å². The number of aryl methyl sites for hydroxylation is 1. The minimum absolute atomic E-state index is 0.115. The van der Waals surface area contributed by atoms with Gasteiger partial charge >= 0.3 is 6.03 Å². The molecule has 144 valence electrons. The molecule has 2 N–H and O–H groups in total. The molecule has 0 heterocycles. The van der Waals surface area contributed by atoms with Crippen molar-refractivity contribution in [3.05, 3.63) is 65.5 Å². The van der Waals surface area contributed by atoms with Crippen LogP contribution in [0.4, 0.5) is 9.18 Å². The zero-order chi connectivity index (χ0) is 19.6. The molecule has 0 aliphatic heterocycles. The first-order chi connectivity index (χ1) is 12.9. The lowest BCUT2D eigenvalue weighted by Gasteiger charge is -2.18. The van der Waals surface area contributed by atoms with Gasteiger partial charge in [0.1, 0.15) is 18.2 Å². The second-order valence-corrected chi connectivity index (χ2v) is 6.14. The molecule has 0 aromatic heterocycles. The number of nitrogens with zero attached hydrogens (tertiary/aromatic N) is 1. The Balaban J connectivity index is 1.62. The van der Waals surface area contributed by atoms with E-state index in [0.717, 1.165) is 16.9 Å². The Morgan fingerprint density at radius 3 is 2.37 bits per heavy atom. The molecule has 0 bridgehead atoms. The highest BCUT2D eigenvalue weighted by atomic mass is 19.1. The summed E-state index contributed by atoms with van der Waals surface area (Å²) in [6, 6.07) is 13.0. The standard InChI is InChI=1S/C20H24FN3O3/c1-15-3-9-18(10-4-15)27-12-11-24(2)19(25)14-23-20(26)22-13-16-5-7-17(21)8-6-16/h3-10H,11-14H2,1-2H3,(H2,22,23,26). The molecule has 0 aliphatic carbocycles. The van der Waals surface area contributed by atoms with Gasteiger partial charge in [-0.25, -0.2) is 9.18 Å². The third-order valence-corrected chi connectivity index (χ3v) is 3.91. The van der Waals surface area contributed by atoms with Gasteiger partial charge < -0.3 is 20.3 Å². The average Bonchev–Trinajstić information content (AvgIpc) is 2.67. The summed E-state index contributed by atoms with van der Waals surface area (Å²) in [5, 5.41) is 5.12. The summed E-state index contributed by atoms with van der Waals surface area (Å²) in [5.74, 6) is 0.197. The van der Waals surface area contributed by atoms with Crippen molar-refractivity contribution in [2.75, 3.05) is 26.7 Å². The lowest BCUT2D eigenvalue weighted by Crippen LogP contribution is -2.43. The maximum Gasteiger partial charge on any atom is 0.315 e. The fraction of sp³-hybridized carbons (Fsp3) is 0.300. The minimum Gasteiger partial charge on any atom is -0.492 e. The maximum atomic E-state index is 12.8. The fourth-order valence-corrected chi connectivity index (χ4v) is 2.20. The number of halogens is 1. The molecular weight excluding hydrogens is 349 g/mol. The molecule has 2 rings (SSSR count). The highest BCUT2D eigenvalue weighted by Crippen LogP contribution is 2.11. The van der Waals surface area contributed by atoms with Gasteiger partial charge in [0.2, 0.25) is 5.91 Å². The highest BCUT2D eigenvalue weighted by Gasteiger charge is 2.10. The van der Waals surface area contributed by atoms with Crippen molar-refractivity contribution in [2.45, 2.75) is 13.5 Å². The number of carbonyl (C=O) groups excluding carboxylic acids is 2. The summed E-state index contributed by atoms with van der Waals surface area (Å²) in [7, 11) is 1.65. The quantitative estimate of drug-likeness (QED) is 0.747. The van der Waals surface area contributed by atoms with E-state index in [0.29, 0.717) is 13.2 Å². The third kappa shape index (κ3) is 7.35. The molecule has 0 fully saturated rings. The molecule has 2 aromatic rings. The molecular formula is C20H24FN3O3. The summed E-state index contributed by atoms with van der Waals surface area (Å²) in [4.78, 5) is 25.3. The van der Waals surface area contributed by atoms with Gasteiger partial charge in [-0.3, -0.25) is 4.79 Å². The van der Waals surface area contributed by atoms with Gasteiger partial charge in [0, 0.05) is 13.6 Å². The maximum absolute atomic E-state index is 12.8. The van der Waals surface area contributed by atoms with Crippen molar-refractivity contribution >= 4 is 11.9 Å². The Hall–Kier alpha value is -3.09. The van der Waals surface area contributed by atoms with Gasteiger partial charge in [0.25, 0.3) is 0 Å². The average molecular weight is 373 g/mol. The highest BCUT2D eigenvalue weighted by molar-refractivity contribution is 5.83. The van der Waals surface area contributed by atoms with Gasteiger partial charge in [-0.15, -0.1) is 0 Å². The smallest absolute Gasteiger partial charge is 0.315 e. The number of likely N-dealkylation sites (N-methyl/N-ethyl adjacent to an activating group) is 1. The number of benzene rings is 2. The Kier molecular flexibility index (Phi) is 7.61. The van der Waals surface area contributed by atoms with Crippen LogP contribution in [0.3, 0.4) is 0 Å². The Morgan fingerprint density at radius 2 is 1.70 bits per heavy atom. The molecule has 0 saturated carbocycles. The summed E-state index contributed by atoms with van der Waals surface area (Å²) in [5.41, 5.74) is 1.92. The first-order valence-corrected chi connectivity index (χ1v) is 8.63. The minimum atomic E-state index is -0.461. The molecule has 7 heteroatoms. The largest absolute Gasteiger partial charge is 0.492 e. The lowest BCUT2D eigenvalue weighted by atomic mass is 10.2. The van der Waals surface area contributed by atoms with E-state index < -0.39 is 6.03 Å². The molecule has 0 saturated heterocycles. The van der Waals surface area contributed by atoms with Crippen LogP contribution in [0.5, 0.6) is 5.75 Å². The number of hydrogen-bond donors (Lipinski definition) is 2. The van der Waals surface area contributed by atoms with Crippen molar-refractivity contribution in [2.24, 2.45) is 0 Å². The van der Waals surface area contributed by atoms with Gasteiger partial charge in [0.05, 0.1) is 13.1 Å². The van der Waals surface area contributed by atoms with Crippen molar-refractivity contribution in [1.82, 2.24) is 15.5 Å². The van der Waals surface area contributed by atoms with Crippen LogP contribution in [-0.2, 0) is 11.3 Å². The summed E-state index contributed by atoms with van der Waals surface area (Å²) < 4.78 is 18.4. The van der Waals surface area contributed by atoms with Crippen LogP contribution < -0.4 is 15.4 Å². The van der Waals surface area contributed by atoms with Crippen LogP contribution in [0.25, 0.3) is 0 Å². The first kappa shape index (κ1) is 20.2. The van der Waals surface area contributed by atoms with E-state index in [4.69, 9.17) is 4.74 Å². The molecule has 0 spiro atoms. The monoisotopic (exact) mass is 373 g/mol. The Labute approximate surface area is 158 Å². The number of urea groups is 1. The number of nitrogens with one attached hydrogen (secondary N) is 2. The van der Waals surface area contributed by atoms with Crippen LogP contribution in [0.2, 0.25) is 0 Å². The number of amides is 3. The zero-order valence-corrected chi connectivity index (χ0v) is 15.5. The number of rotatable bonds is 8. The molecule has 0 atom stereocenters. The first-order valence-electron chi connectivity index (χ1n) is 8.63. The van der Waals surface area contributed by atoms with E-state index in [1.54, 1.807) is 19.2 Å². The number of hydrogen-bond acceptors (Lipinski definition) is 3. The predicted octanol–water partition coefficient (Wildman–Crippen LogP) is 2.47. The lowest BCUT2D eigenvalue weighted by molar-refractivity contribution is -0.129. The van der Waals surface area contributed by atoms with Crippen molar-refractivity contribution < 1.29 is 18.7 Å². The van der Waals surface area contributed by atoms with Crippen LogP contribution in [0.15, 0.2) is 48.5 Å². The number of carbonyl (C=O) groups is 2. The Morgan fingerprint density at radius 1 is 1.04 bits per heavy atom. The molecule has 2 aromatic carbocycles. The van der Waals surface area contributed by atoms with Crippen molar-refractivity contribution in [3.8, 4) is 5.75 Å². The third-order valence-electron chi connectivity index (χ3n) is 3.91. The second kappa shape index (κ2) is 10.2. The van der Waals surface area contributed by atoms with E-state index in [2.05, 4.69) is 10.6 Å². The predicted molar refractivity (Wildman–Crippen MR) is 101 cm³/mol. The normalized spacial score (nSPS) is 10.2. The summed E-state index contributed by atoms with van der Waals surface area (Å²) in [6.07, 6.45) is 0. The Bertz CT molecular complexity index is 748. The molecule has 27 heavy (non-hydrogen) atoms. The molecule has 0 unspecified atom stereocenters. The number of ether oxygens (including phenoxy) is 1. The summed E-state index contributed by atoms with van der Waals surface area (Å²) >= 11 is 0. The van der Waals surface area contributed by atoms with Crippen LogP contribution in [-0.4, -0.2) is 43.6 Å². The van der Waals surface area contributed by atoms with Crippen LogP contribution in [0.1, 0.15) is 11.1 Å². The second-order valence-electron chi connectivity index (χ2n) is 6.14. The zero-order valence-electron chi connectivity index (χ0n) is 15.5. The van der Waals surface area contributed by atoms with Crippen molar-refractivity contribution in [3.63, 3.8) is 0 Å². The fourth-order valence-electron chi connectivity index (χ4n) is 2.20. The van der Waals surface area contributed by atoms with E-state index in [-0.39, 0.29) is 24.8 Å². The van der Waals surface area contributed by atoms with E-state index >= 15 is 0 Å². The molecule has 6 nitrogen and oxygen atoms in total. The molecule has 0 aliphatic rings. The van der Waals surface area contributed by atoms with Crippen LogP contribution in [0, 0.1) is 12.7 Å². The van der Waals surface area contributed by atoms with Gasteiger partial charge in [0.15, 0.2) is 0 Å². The molecule has 3 amide bonds. The van der Waals surface area contributed by atoms with E-state index in [1.807, 2.05) is 31.2 Å².